The Morgan fingerprint density at radius 2 is 1.90 bits per heavy atom. The molecule has 0 aliphatic heterocycles. The van der Waals surface area contributed by atoms with Crippen LogP contribution in [0, 0.1) is 20.8 Å². The molecule has 0 unspecified atom stereocenters. The van der Waals surface area contributed by atoms with Gasteiger partial charge in [0.2, 0.25) is 0 Å². The maximum Gasteiger partial charge on any atom is 0.319 e. The molecule has 6 nitrogen and oxygen atoms in total. The third-order valence-electron chi connectivity index (χ3n) is 3.18. The van der Waals surface area contributed by atoms with Gasteiger partial charge in [0.05, 0.1) is 11.4 Å². The molecule has 0 saturated heterocycles. The van der Waals surface area contributed by atoms with Gasteiger partial charge in [0.25, 0.3) is 0 Å². The van der Waals surface area contributed by atoms with Crippen LogP contribution in [0.2, 0.25) is 0 Å². The Morgan fingerprint density at radius 3 is 2.43 bits per heavy atom. The number of nitrogens with zero attached hydrogens (tertiary/aromatic N) is 1. The van der Waals surface area contributed by atoms with E-state index in [1.807, 2.05) is 26.8 Å². The molecule has 0 aromatic carbocycles. The largest absolute Gasteiger partial charge is 0.481 e. The quantitative estimate of drug-likeness (QED) is 0.778. The van der Waals surface area contributed by atoms with Gasteiger partial charge in [-0.2, -0.15) is 0 Å². The molecule has 0 aliphatic carbocycles. The Kier molecular flexibility index (Phi) is 5.29. The maximum atomic E-state index is 12.1. The smallest absolute Gasteiger partial charge is 0.319 e. The van der Waals surface area contributed by atoms with Gasteiger partial charge in [0, 0.05) is 17.7 Å². The minimum absolute atomic E-state index is 0.0113. The van der Waals surface area contributed by atoms with Crippen LogP contribution in [0.25, 0.3) is 0 Å². The number of carbonyl (C=O) groups is 2. The van der Waals surface area contributed by atoms with Crippen molar-refractivity contribution in [1.82, 2.24) is 10.3 Å². The molecule has 3 N–H and O–H groups in total. The number of aromatic nitrogens is 1. The third kappa shape index (κ3) is 5.41. The third-order valence-corrected chi connectivity index (χ3v) is 3.18. The second-order valence-electron chi connectivity index (χ2n) is 5.90. The van der Waals surface area contributed by atoms with Gasteiger partial charge in [-0.25, -0.2) is 4.79 Å². The van der Waals surface area contributed by atoms with E-state index >= 15 is 0 Å². The summed E-state index contributed by atoms with van der Waals surface area (Å²) in [5.41, 5.74) is 2.69. The van der Waals surface area contributed by atoms with Crippen LogP contribution in [0.1, 0.15) is 43.6 Å². The Balaban J connectivity index is 2.72. The van der Waals surface area contributed by atoms with Gasteiger partial charge >= 0.3 is 12.0 Å². The van der Waals surface area contributed by atoms with Gasteiger partial charge in [-0.3, -0.25) is 9.78 Å². The van der Waals surface area contributed by atoms with Gasteiger partial charge in [-0.1, -0.05) is 0 Å². The average Bonchev–Trinajstić information content (AvgIpc) is 2.31. The zero-order chi connectivity index (χ0) is 16.2. The van der Waals surface area contributed by atoms with E-state index < -0.39 is 11.5 Å². The highest BCUT2D eigenvalue weighted by Crippen LogP contribution is 2.19. The molecule has 0 spiro atoms. The minimum Gasteiger partial charge on any atom is -0.481 e. The number of urea groups is 1. The Hall–Kier alpha value is -2.11. The van der Waals surface area contributed by atoms with Gasteiger partial charge in [-0.05, 0) is 52.7 Å². The molecule has 0 aliphatic rings. The van der Waals surface area contributed by atoms with Crippen molar-refractivity contribution in [1.29, 1.82) is 0 Å². The fraction of sp³-hybridized carbons (Fsp3) is 0.533. The Morgan fingerprint density at radius 1 is 1.29 bits per heavy atom. The van der Waals surface area contributed by atoms with Crippen molar-refractivity contribution in [3.05, 3.63) is 23.0 Å². The number of aliphatic carboxylic acids is 1. The number of amides is 2. The molecule has 1 aromatic heterocycles. The first-order valence-electron chi connectivity index (χ1n) is 6.86. The van der Waals surface area contributed by atoms with E-state index in [-0.39, 0.29) is 12.5 Å². The summed E-state index contributed by atoms with van der Waals surface area (Å²) in [6, 6.07) is 1.54. The maximum absolute atomic E-state index is 12.1. The van der Waals surface area contributed by atoms with Crippen LogP contribution in [0.5, 0.6) is 0 Å². The van der Waals surface area contributed by atoms with Crippen LogP contribution >= 0.6 is 0 Å². The van der Waals surface area contributed by atoms with E-state index in [0.29, 0.717) is 12.1 Å². The number of carboxylic acid groups (broad SMARTS) is 1. The van der Waals surface area contributed by atoms with Crippen molar-refractivity contribution in [3.8, 4) is 0 Å². The molecule has 21 heavy (non-hydrogen) atoms. The molecule has 0 saturated carbocycles. The van der Waals surface area contributed by atoms with Gasteiger partial charge < -0.3 is 15.7 Å². The van der Waals surface area contributed by atoms with E-state index in [4.69, 9.17) is 5.11 Å². The Bertz CT molecular complexity index is 530. The van der Waals surface area contributed by atoms with Crippen LogP contribution in [0.15, 0.2) is 6.07 Å². The number of hydrogen-bond donors (Lipinski definition) is 3. The summed E-state index contributed by atoms with van der Waals surface area (Å²) < 4.78 is 0. The molecule has 0 atom stereocenters. The molecular formula is C15H23N3O3. The summed E-state index contributed by atoms with van der Waals surface area (Å²) in [5, 5.41) is 14.3. The molecule has 116 valence electrons. The molecule has 1 aromatic rings. The highest BCUT2D eigenvalue weighted by atomic mass is 16.4. The number of hydrogen-bond acceptors (Lipinski definition) is 3. The second-order valence-corrected chi connectivity index (χ2v) is 5.90. The first-order valence-corrected chi connectivity index (χ1v) is 6.86. The lowest BCUT2D eigenvalue weighted by atomic mass is 9.99. The lowest BCUT2D eigenvalue weighted by Crippen LogP contribution is -2.46. The van der Waals surface area contributed by atoms with Crippen LogP contribution in [-0.2, 0) is 4.79 Å². The zero-order valence-electron chi connectivity index (χ0n) is 13.2. The number of pyridine rings is 1. The normalized spacial score (nSPS) is 11.1. The first kappa shape index (κ1) is 16.9. The van der Waals surface area contributed by atoms with E-state index in [1.54, 1.807) is 13.8 Å². The lowest BCUT2D eigenvalue weighted by Gasteiger charge is -2.26. The summed E-state index contributed by atoms with van der Waals surface area (Å²) >= 11 is 0. The average molecular weight is 293 g/mol. The van der Waals surface area contributed by atoms with Crippen LogP contribution < -0.4 is 10.6 Å². The summed E-state index contributed by atoms with van der Waals surface area (Å²) in [5.74, 6) is -0.875. The van der Waals surface area contributed by atoms with Gasteiger partial charge in [0.15, 0.2) is 0 Å². The van der Waals surface area contributed by atoms with Crippen molar-refractivity contribution in [2.45, 2.75) is 53.0 Å². The lowest BCUT2D eigenvalue weighted by molar-refractivity contribution is -0.137. The van der Waals surface area contributed by atoms with E-state index in [0.717, 1.165) is 17.0 Å². The minimum atomic E-state index is -0.875. The fourth-order valence-corrected chi connectivity index (χ4v) is 2.15. The standard InChI is InChI=1S/C15H23N3O3/c1-9-8-10(2)16-11(3)13(9)17-14(21)18-15(4,5)7-6-12(19)20/h8H,6-7H2,1-5H3,(H,19,20)(H2,17,18,21). The van der Waals surface area contributed by atoms with Crippen LogP contribution in [-0.4, -0.2) is 27.6 Å². The second kappa shape index (κ2) is 6.56. The summed E-state index contributed by atoms with van der Waals surface area (Å²) in [7, 11) is 0. The molecule has 0 fully saturated rings. The predicted octanol–water partition coefficient (Wildman–Crippen LogP) is 2.77. The molecule has 2 amide bonds. The first-order chi connectivity index (χ1) is 9.60. The summed E-state index contributed by atoms with van der Waals surface area (Å²) in [6.45, 7) is 9.24. The van der Waals surface area contributed by atoms with Crippen molar-refractivity contribution in [2.75, 3.05) is 5.32 Å². The van der Waals surface area contributed by atoms with Crippen LogP contribution in [0.4, 0.5) is 10.5 Å². The fourth-order valence-electron chi connectivity index (χ4n) is 2.15. The topological polar surface area (TPSA) is 91.3 Å². The molecule has 0 radical (unpaired) electrons. The highest BCUT2D eigenvalue weighted by molar-refractivity contribution is 5.91. The van der Waals surface area contributed by atoms with Crippen LogP contribution in [0.3, 0.4) is 0 Å². The number of rotatable bonds is 5. The van der Waals surface area contributed by atoms with Gasteiger partial charge in [0.1, 0.15) is 0 Å². The molecular weight excluding hydrogens is 270 g/mol. The van der Waals surface area contributed by atoms with Gasteiger partial charge in [-0.15, -0.1) is 0 Å². The molecule has 6 heteroatoms. The zero-order valence-corrected chi connectivity index (χ0v) is 13.2. The predicted molar refractivity (Wildman–Crippen MR) is 81.6 cm³/mol. The van der Waals surface area contributed by atoms with E-state index in [1.165, 1.54) is 0 Å². The van der Waals surface area contributed by atoms with Crippen molar-refractivity contribution < 1.29 is 14.7 Å². The Labute approximate surface area is 125 Å². The van der Waals surface area contributed by atoms with Crippen molar-refractivity contribution in [3.63, 3.8) is 0 Å². The number of carboxylic acids is 1. The molecule has 0 bridgehead atoms. The molecule has 1 rings (SSSR count). The van der Waals surface area contributed by atoms with Crippen molar-refractivity contribution in [2.24, 2.45) is 0 Å². The van der Waals surface area contributed by atoms with Crippen molar-refractivity contribution >= 4 is 17.7 Å². The molecule has 1 heterocycles. The highest BCUT2D eigenvalue weighted by Gasteiger charge is 2.22. The van der Waals surface area contributed by atoms with E-state index in [2.05, 4.69) is 15.6 Å². The number of aryl methyl sites for hydroxylation is 3. The van der Waals surface area contributed by atoms with E-state index in [9.17, 15) is 9.59 Å². The number of carbonyl (C=O) groups excluding carboxylic acids is 1. The monoisotopic (exact) mass is 293 g/mol. The number of anilines is 1. The summed E-state index contributed by atoms with van der Waals surface area (Å²) in [6.07, 6.45) is 0.372. The number of nitrogens with one attached hydrogen (secondary N) is 2. The SMILES string of the molecule is Cc1cc(C)c(NC(=O)NC(C)(C)CCC(=O)O)c(C)n1. The summed E-state index contributed by atoms with van der Waals surface area (Å²) in [4.78, 5) is 27.0.